The number of nitrogens with zero attached hydrogens (tertiary/aromatic N) is 1. The maximum atomic E-state index is 12.3. The summed E-state index contributed by atoms with van der Waals surface area (Å²) in [5.74, 6) is 0.837. The van der Waals surface area contributed by atoms with Gasteiger partial charge in [-0.1, -0.05) is 12.5 Å². The van der Waals surface area contributed by atoms with Crippen LogP contribution in [0.4, 0.5) is 10.5 Å². The Balaban J connectivity index is 1.62. The van der Waals surface area contributed by atoms with Crippen LogP contribution in [0.15, 0.2) is 18.2 Å². The molecule has 0 aromatic heterocycles. The predicted octanol–water partition coefficient (Wildman–Crippen LogP) is 4.19. The first kappa shape index (κ1) is 16.2. The van der Waals surface area contributed by atoms with Gasteiger partial charge in [-0.05, 0) is 69.2 Å². The zero-order chi connectivity index (χ0) is 16.4. The molecule has 3 rings (SSSR count). The normalized spacial score (nSPS) is 18.1. The number of rotatable bonds is 3. The van der Waals surface area contributed by atoms with Crippen LogP contribution in [-0.4, -0.2) is 29.7 Å². The highest BCUT2D eigenvalue weighted by Crippen LogP contribution is 2.28. The maximum absolute atomic E-state index is 12.3. The number of carbonyl (C=O) groups excluding carboxylic acids is 1. The largest absolute Gasteiger partial charge is 0.444 e. The first-order chi connectivity index (χ1) is 10.9. The van der Waals surface area contributed by atoms with E-state index in [1.807, 2.05) is 25.7 Å². The molecule has 1 saturated carbocycles. The quantitative estimate of drug-likeness (QED) is 0.909. The van der Waals surface area contributed by atoms with Crippen LogP contribution >= 0.6 is 0 Å². The lowest BCUT2D eigenvalue weighted by molar-refractivity contribution is 0.0224. The number of anilines is 1. The van der Waals surface area contributed by atoms with Crippen molar-refractivity contribution < 1.29 is 9.53 Å². The minimum Gasteiger partial charge on any atom is -0.444 e. The summed E-state index contributed by atoms with van der Waals surface area (Å²) >= 11 is 0. The molecule has 0 atom stereocenters. The van der Waals surface area contributed by atoms with Crippen molar-refractivity contribution in [2.45, 2.75) is 58.6 Å². The first-order valence-electron chi connectivity index (χ1n) is 8.74. The molecule has 4 nitrogen and oxygen atoms in total. The highest BCUT2D eigenvalue weighted by Gasteiger charge is 2.26. The Bertz CT molecular complexity index is 573. The number of benzene rings is 1. The Kier molecular flexibility index (Phi) is 4.51. The molecule has 1 aromatic carbocycles. The van der Waals surface area contributed by atoms with Crippen molar-refractivity contribution in [1.82, 2.24) is 4.90 Å². The van der Waals surface area contributed by atoms with Crippen LogP contribution in [0.2, 0.25) is 0 Å². The third-order valence-electron chi connectivity index (χ3n) is 4.69. The van der Waals surface area contributed by atoms with Gasteiger partial charge in [0.25, 0.3) is 0 Å². The number of fused-ring (bicyclic) bond motifs is 1. The minimum atomic E-state index is -0.441. The standard InChI is InChI=1S/C19H28N2O2/c1-19(2,3)23-18(22)21-10-9-15-7-8-17(11-16(15)13-21)20-12-14-5-4-6-14/h7-8,11,14,20H,4-6,9-10,12-13H2,1-3H3. The minimum absolute atomic E-state index is 0.212. The smallest absolute Gasteiger partial charge is 0.410 e. The topological polar surface area (TPSA) is 41.6 Å². The molecule has 0 unspecified atom stereocenters. The second-order valence-corrected chi connectivity index (χ2v) is 7.81. The molecule has 1 aromatic rings. The Labute approximate surface area is 139 Å². The summed E-state index contributed by atoms with van der Waals surface area (Å²) < 4.78 is 5.49. The molecule has 2 aliphatic rings. The van der Waals surface area contributed by atoms with E-state index in [1.54, 1.807) is 0 Å². The number of carbonyl (C=O) groups is 1. The summed E-state index contributed by atoms with van der Waals surface area (Å²) in [5, 5.41) is 3.54. The lowest BCUT2D eigenvalue weighted by atomic mass is 9.85. The molecule has 23 heavy (non-hydrogen) atoms. The fraction of sp³-hybridized carbons (Fsp3) is 0.632. The van der Waals surface area contributed by atoms with E-state index in [9.17, 15) is 4.79 Å². The molecule has 0 radical (unpaired) electrons. The number of hydrogen-bond acceptors (Lipinski definition) is 3. The summed E-state index contributed by atoms with van der Waals surface area (Å²) in [6.07, 6.45) is 4.77. The molecule has 1 N–H and O–H groups in total. The number of amides is 1. The average molecular weight is 316 g/mol. The molecule has 126 valence electrons. The maximum Gasteiger partial charge on any atom is 0.410 e. The SMILES string of the molecule is CC(C)(C)OC(=O)N1CCc2ccc(NCC3CCC3)cc2C1. The van der Waals surface area contributed by atoms with Gasteiger partial charge in [0.1, 0.15) is 5.60 Å². The number of nitrogens with one attached hydrogen (secondary N) is 1. The molecule has 1 aliphatic carbocycles. The van der Waals surface area contributed by atoms with Crippen molar-refractivity contribution in [3.05, 3.63) is 29.3 Å². The van der Waals surface area contributed by atoms with Gasteiger partial charge in [0, 0.05) is 25.3 Å². The second-order valence-electron chi connectivity index (χ2n) is 7.81. The van der Waals surface area contributed by atoms with Crippen molar-refractivity contribution in [3.8, 4) is 0 Å². The zero-order valence-corrected chi connectivity index (χ0v) is 14.5. The van der Waals surface area contributed by atoms with Crippen LogP contribution in [0.5, 0.6) is 0 Å². The lowest BCUT2D eigenvalue weighted by Gasteiger charge is -2.31. The van der Waals surface area contributed by atoms with E-state index in [-0.39, 0.29) is 6.09 Å². The van der Waals surface area contributed by atoms with E-state index in [1.165, 1.54) is 36.1 Å². The monoisotopic (exact) mass is 316 g/mol. The molecule has 0 saturated heterocycles. The van der Waals surface area contributed by atoms with Crippen LogP contribution in [0.25, 0.3) is 0 Å². The van der Waals surface area contributed by atoms with Crippen molar-refractivity contribution in [3.63, 3.8) is 0 Å². The third-order valence-corrected chi connectivity index (χ3v) is 4.69. The summed E-state index contributed by atoms with van der Waals surface area (Å²) in [6, 6.07) is 6.57. The molecular weight excluding hydrogens is 288 g/mol. The van der Waals surface area contributed by atoms with Gasteiger partial charge in [-0.2, -0.15) is 0 Å². The summed E-state index contributed by atoms with van der Waals surface area (Å²) in [6.45, 7) is 8.16. The highest BCUT2D eigenvalue weighted by atomic mass is 16.6. The molecule has 1 aliphatic heterocycles. The van der Waals surface area contributed by atoms with E-state index in [0.29, 0.717) is 6.54 Å². The van der Waals surface area contributed by atoms with Gasteiger partial charge in [0.05, 0.1) is 0 Å². The summed E-state index contributed by atoms with van der Waals surface area (Å²) in [5.41, 5.74) is 3.31. The van der Waals surface area contributed by atoms with Crippen LogP contribution < -0.4 is 5.32 Å². The van der Waals surface area contributed by atoms with E-state index in [4.69, 9.17) is 4.74 Å². The Morgan fingerprint density at radius 2 is 2.09 bits per heavy atom. The summed E-state index contributed by atoms with van der Waals surface area (Å²) in [4.78, 5) is 14.1. The van der Waals surface area contributed by atoms with Crippen molar-refractivity contribution in [1.29, 1.82) is 0 Å². The molecule has 1 fully saturated rings. The van der Waals surface area contributed by atoms with E-state index < -0.39 is 5.60 Å². The van der Waals surface area contributed by atoms with E-state index in [0.717, 1.165) is 25.4 Å². The van der Waals surface area contributed by atoms with Crippen molar-refractivity contribution >= 4 is 11.8 Å². The Morgan fingerprint density at radius 3 is 2.74 bits per heavy atom. The average Bonchev–Trinajstić information content (AvgIpc) is 2.43. The van der Waals surface area contributed by atoms with E-state index in [2.05, 4.69) is 23.5 Å². The summed E-state index contributed by atoms with van der Waals surface area (Å²) in [7, 11) is 0. The van der Waals surface area contributed by atoms with Crippen LogP contribution in [0, 0.1) is 5.92 Å². The van der Waals surface area contributed by atoms with Crippen LogP contribution in [0.1, 0.15) is 51.2 Å². The van der Waals surface area contributed by atoms with Gasteiger partial charge >= 0.3 is 6.09 Å². The molecule has 0 bridgehead atoms. The Morgan fingerprint density at radius 1 is 1.30 bits per heavy atom. The lowest BCUT2D eigenvalue weighted by Crippen LogP contribution is -2.39. The molecule has 1 heterocycles. The predicted molar refractivity (Wildman–Crippen MR) is 92.6 cm³/mol. The third kappa shape index (κ3) is 4.18. The van der Waals surface area contributed by atoms with Crippen LogP contribution in [-0.2, 0) is 17.7 Å². The van der Waals surface area contributed by atoms with Gasteiger partial charge in [-0.15, -0.1) is 0 Å². The van der Waals surface area contributed by atoms with Gasteiger partial charge in [0.2, 0.25) is 0 Å². The molecular formula is C19H28N2O2. The second kappa shape index (κ2) is 6.42. The highest BCUT2D eigenvalue weighted by molar-refractivity contribution is 5.69. The van der Waals surface area contributed by atoms with Gasteiger partial charge in [0.15, 0.2) is 0 Å². The molecule has 4 heteroatoms. The number of hydrogen-bond donors (Lipinski definition) is 1. The van der Waals surface area contributed by atoms with Crippen LogP contribution in [0.3, 0.4) is 0 Å². The molecule has 1 amide bonds. The Hall–Kier alpha value is -1.71. The molecule has 0 spiro atoms. The van der Waals surface area contributed by atoms with Gasteiger partial charge in [-0.3, -0.25) is 0 Å². The van der Waals surface area contributed by atoms with Gasteiger partial charge < -0.3 is 15.0 Å². The van der Waals surface area contributed by atoms with Crippen molar-refractivity contribution in [2.24, 2.45) is 5.92 Å². The fourth-order valence-electron chi connectivity index (χ4n) is 3.11. The van der Waals surface area contributed by atoms with E-state index >= 15 is 0 Å². The van der Waals surface area contributed by atoms with Crippen molar-refractivity contribution in [2.75, 3.05) is 18.4 Å². The fourth-order valence-corrected chi connectivity index (χ4v) is 3.11. The zero-order valence-electron chi connectivity index (χ0n) is 14.5. The number of ether oxygens (including phenoxy) is 1. The first-order valence-corrected chi connectivity index (χ1v) is 8.74. The van der Waals surface area contributed by atoms with Gasteiger partial charge in [-0.25, -0.2) is 4.79 Å².